The Morgan fingerprint density at radius 1 is 1.12 bits per heavy atom. The molecule has 0 aliphatic rings. The van der Waals surface area contributed by atoms with Crippen LogP contribution in [0.1, 0.15) is 16.8 Å². The fourth-order valence-electron chi connectivity index (χ4n) is 1.54. The first-order valence-corrected chi connectivity index (χ1v) is 6.02. The first kappa shape index (κ1) is 13.8. The highest BCUT2D eigenvalue weighted by Crippen LogP contribution is 2.34. The Balaban J connectivity index is 3.29. The largest absolute Gasteiger partial charge is 0.496 e. The standard InChI is InChI=1S/C12H17O4P/c1-14-8-6-10(15-2)12(9(13)4-5-17)11(7-8)16-3/h6-7H,4-5,17H2,1-3H3. The Bertz CT molecular complexity index is 378. The van der Waals surface area contributed by atoms with Gasteiger partial charge in [0.25, 0.3) is 0 Å². The van der Waals surface area contributed by atoms with Crippen LogP contribution in [0, 0.1) is 0 Å². The molecule has 0 aliphatic carbocycles. The second-order valence-electron chi connectivity index (χ2n) is 3.37. The van der Waals surface area contributed by atoms with Crippen LogP contribution in [-0.4, -0.2) is 33.3 Å². The number of ketones is 1. The summed E-state index contributed by atoms with van der Waals surface area (Å²) in [5.41, 5.74) is 0.471. The van der Waals surface area contributed by atoms with Gasteiger partial charge in [-0.05, 0) is 6.16 Å². The van der Waals surface area contributed by atoms with E-state index in [0.29, 0.717) is 35.4 Å². The van der Waals surface area contributed by atoms with Gasteiger partial charge < -0.3 is 14.2 Å². The number of hydrogen-bond donors (Lipinski definition) is 0. The summed E-state index contributed by atoms with van der Waals surface area (Å²) in [6.45, 7) is 0. The van der Waals surface area contributed by atoms with Crippen molar-refractivity contribution in [2.24, 2.45) is 0 Å². The lowest BCUT2D eigenvalue weighted by Crippen LogP contribution is -2.06. The van der Waals surface area contributed by atoms with E-state index in [1.807, 2.05) is 0 Å². The van der Waals surface area contributed by atoms with Gasteiger partial charge in [0.2, 0.25) is 0 Å². The molecule has 0 amide bonds. The van der Waals surface area contributed by atoms with Gasteiger partial charge in [-0.25, -0.2) is 0 Å². The molecule has 0 saturated heterocycles. The van der Waals surface area contributed by atoms with Gasteiger partial charge in [-0.3, -0.25) is 4.79 Å². The molecule has 4 nitrogen and oxygen atoms in total. The first-order valence-electron chi connectivity index (χ1n) is 5.21. The van der Waals surface area contributed by atoms with Gasteiger partial charge in [-0.1, -0.05) is 0 Å². The van der Waals surface area contributed by atoms with Crippen LogP contribution in [0.25, 0.3) is 0 Å². The molecule has 0 heterocycles. The number of Topliss-reactive ketones (excluding diaryl/α,β-unsaturated/α-hetero) is 1. The fourth-order valence-corrected chi connectivity index (χ4v) is 1.80. The summed E-state index contributed by atoms with van der Waals surface area (Å²) in [7, 11) is 7.12. The normalized spacial score (nSPS) is 9.88. The molecular formula is C12H17O4P. The highest BCUT2D eigenvalue weighted by atomic mass is 31.0. The van der Waals surface area contributed by atoms with Crippen molar-refractivity contribution in [3.63, 3.8) is 0 Å². The molecule has 0 aromatic heterocycles. The molecule has 0 bridgehead atoms. The lowest BCUT2D eigenvalue weighted by atomic mass is 10.1. The predicted molar refractivity (Wildman–Crippen MR) is 69.6 cm³/mol. The van der Waals surface area contributed by atoms with Crippen molar-refractivity contribution in [3.05, 3.63) is 17.7 Å². The third kappa shape index (κ3) is 3.10. The van der Waals surface area contributed by atoms with Crippen molar-refractivity contribution in [2.75, 3.05) is 27.5 Å². The maximum absolute atomic E-state index is 12.0. The molecule has 1 aromatic carbocycles. The maximum atomic E-state index is 12.0. The Morgan fingerprint density at radius 2 is 1.65 bits per heavy atom. The van der Waals surface area contributed by atoms with E-state index in [4.69, 9.17) is 14.2 Å². The second kappa shape index (κ2) is 6.45. The quantitative estimate of drug-likeness (QED) is 0.578. The molecule has 1 atom stereocenters. The first-order chi connectivity index (χ1) is 8.17. The smallest absolute Gasteiger partial charge is 0.170 e. The average Bonchev–Trinajstić information content (AvgIpc) is 2.37. The molecule has 0 spiro atoms. The zero-order chi connectivity index (χ0) is 12.8. The van der Waals surface area contributed by atoms with Gasteiger partial charge in [-0.2, -0.15) is 0 Å². The van der Waals surface area contributed by atoms with Crippen LogP contribution in [0.5, 0.6) is 17.2 Å². The molecule has 5 heteroatoms. The Hall–Kier alpha value is -1.28. The summed E-state index contributed by atoms with van der Waals surface area (Å²) in [6, 6.07) is 3.36. The highest BCUT2D eigenvalue weighted by molar-refractivity contribution is 7.16. The number of carbonyl (C=O) groups is 1. The van der Waals surface area contributed by atoms with Crippen molar-refractivity contribution in [2.45, 2.75) is 6.42 Å². The third-order valence-corrected chi connectivity index (χ3v) is 2.65. The summed E-state index contributed by atoms with van der Waals surface area (Å²) in [5, 5.41) is 0. The topological polar surface area (TPSA) is 44.8 Å². The van der Waals surface area contributed by atoms with Crippen molar-refractivity contribution < 1.29 is 19.0 Å². The minimum Gasteiger partial charge on any atom is -0.496 e. The maximum Gasteiger partial charge on any atom is 0.170 e. The minimum absolute atomic E-state index is 0.00338. The molecule has 0 saturated carbocycles. The van der Waals surface area contributed by atoms with E-state index >= 15 is 0 Å². The molecule has 17 heavy (non-hydrogen) atoms. The molecule has 0 fully saturated rings. The second-order valence-corrected chi connectivity index (χ2v) is 3.95. The number of benzene rings is 1. The van der Waals surface area contributed by atoms with Crippen molar-refractivity contribution >= 4 is 15.0 Å². The van der Waals surface area contributed by atoms with Gasteiger partial charge in [-0.15, -0.1) is 9.24 Å². The van der Waals surface area contributed by atoms with Gasteiger partial charge in [0.15, 0.2) is 5.78 Å². The van der Waals surface area contributed by atoms with E-state index in [1.165, 1.54) is 14.2 Å². The van der Waals surface area contributed by atoms with Gasteiger partial charge in [0.1, 0.15) is 22.8 Å². The molecule has 1 unspecified atom stereocenters. The lowest BCUT2D eigenvalue weighted by Gasteiger charge is -2.13. The molecule has 0 aliphatic heterocycles. The van der Waals surface area contributed by atoms with E-state index in [9.17, 15) is 4.79 Å². The Kier molecular flexibility index (Phi) is 5.23. The van der Waals surface area contributed by atoms with Crippen LogP contribution in [0.2, 0.25) is 0 Å². The van der Waals surface area contributed by atoms with Crippen molar-refractivity contribution in [1.29, 1.82) is 0 Å². The van der Waals surface area contributed by atoms with Crippen LogP contribution in [0.3, 0.4) is 0 Å². The van der Waals surface area contributed by atoms with E-state index < -0.39 is 0 Å². The SMILES string of the molecule is COc1cc(OC)c(C(=O)CCP)c(OC)c1. The molecule has 1 rings (SSSR count). The average molecular weight is 256 g/mol. The molecule has 0 radical (unpaired) electrons. The molecule has 94 valence electrons. The zero-order valence-electron chi connectivity index (χ0n) is 10.3. The van der Waals surface area contributed by atoms with Crippen LogP contribution in [0.4, 0.5) is 0 Å². The van der Waals surface area contributed by atoms with E-state index in [-0.39, 0.29) is 5.78 Å². The summed E-state index contributed by atoms with van der Waals surface area (Å²) >= 11 is 0. The van der Waals surface area contributed by atoms with Crippen molar-refractivity contribution in [1.82, 2.24) is 0 Å². The Morgan fingerprint density at radius 3 is 2.00 bits per heavy atom. The monoisotopic (exact) mass is 256 g/mol. The number of ether oxygens (including phenoxy) is 3. The summed E-state index contributed by atoms with van der Waals surface area (Å²) in [6.07, 6.45) is 1.14. The van der Waals surface area contributed by atoms with Crippen LogP contribution in [0.15, 0.2) is 12.1 Å². The Labute approximate surface area is 103 Å². The zero-order valence-corrected chi connectivity index (χ0v) is 11.4. The van der Waals surface area contributed by atoms with Gasteiger partial charge in [0.05, 0.1) is 21.3 Å². The third-order valence-electron chi connectivity index (χ3n) is 2.37. The highest BCUT2D eigenvalue weighted by Gasteiger charge is 2.19. The van der Waals surface area contributed by atoms with E-state index in [1.54, 1.807) is 19.2 Å². The van der Waals surface area contributed by atoms with E-state index in [2.05, 4.69) is 9.24 Å². The number of rotatable bonds is 6. The van der Waals surface area contributed by atoms with Crippen LogP contribution in [-0.2, 0) is 0 Å². The fraction of sp³-hybridized carbons (Fsp3) is 0.417. The summed E-state index contributed by atoms with van der Waals surface area (Å²) in [5.74, 6) is 1.55. The number of methoxy groups -OCH3 is 3. The van der Waals surface area contributed by atoms with Gasteiger partial charge in [0, 0.05) is 18.6 Å². The predicted octanol–water partition coefficient (Wildman–Crippen LogP) is 2.16. The summed E-state index contributed by atoms with van der Waals surface area (Å²) in [4.78, 5) is 12.0. The number of hydrogen-bond acceptors (Lipinski definition) is 4. The molecule has 0 N–H and O–H groups in total. The van der Waals surface area contributed by atoms with E-state index in [0.717, 1.165) is 0 Å². The van der Waals surface area contributed by atoms with Gasteiger partial charge >= 0.3 is 0 Å². The molecule has 1 aromatic rings. The summed E-state index contributed by atoms with van der Waals surface area (Å²) < 4.78 is 15.5. The van der Waals surface area contributed by atoms with Crippen LogP contribution < -0.4 is 14.2 Å². The minimum atomic E-state index is -0.00338. The van der Waals surface area contributed by atoms with Crippen LogP contribution >= 0.6 is 9.24 Å². The lowest BCUT2D eigenvalue weighted by molar-refractivity contribution is 0.0983. The van der Waals surface area contributed by atoms with Crippen molar-refractivity contribution in [3.8, 4) is 17.2 Å². The molecular weight excluding hydrogens is 239 g/mol. The number of carbonyl (C=O) groups excluding carboxylic acids is 1.